The molecule has 5 nitrogen and oxygen atoms in total. The first-order chi connectivity index (χ1) is 14.1. The third-order valence-electron chi connectivity index (χ3n) is 6.53. The predicted molar refractivity (Wildman–Crippen MR) is 114 cm³/mol. The van der Waals surface area contributed by atoms with Crippen LogP contribution in [0.5, 0.6) is 5.75 Å². The van der Waals surface area contributed by atoms with Crippen molar-refractivity contribution in [2.24, 2.45) is 5.92 Å². The van der Waals surface area contributed by atoms with Crippen molar-refractivity contribution in [3.63, 3.8) is 0 Å². The molecule has 0 bridgehead atoms. The molecule has 2 aliphatic rings. The minimum Gasteiger partial charge on any atom is -0.496 e. The lowest BCUT2D eigenvalue weighted by molar-refractivity contribution is -0.135. The second-order valence-corrected chi connectivity index (χ2v) is 8.28. The van der Waals surface area contributed by atoms with Gasteiger partial charge in [0.1, 0.15) is 5.75 Å². The number of para-hydroxylation sites is 2. The third-order valence-corrected chi connectivity index (χ3v) is 6.53. The van der Waals surface area contributed by atoms with E-state index in [-0.39, 0.29) is 17.9 Å². The van der Waals surface area contributed by atoms with Gasteiger partial charge < -0.3 is 15.2 Å². The number of amides is 1. The zero-order chi connectivity index (χ0) is 20.3. The Bertz CT molecular complexity index is 841. The van der Waals surface area contributed by atoms with Crippen molar-refractivity contribution < 1.29 is 14.6 Å². The predicted octanol–water partition coefficient (Wildman–Crippen LogP) is 4.00. The van der Waals surface area contributed by atoms with Crippen molar-refractivity contribution in [3.8, 4) is 5.75 Å². The number of ether oxygens (including phenoxy) is 1. The van der Waals surface area contributed by atoms with Crippen LogP contribution in [-0.4, -0.2) is 41.7 Å². The van der Waals surface area contributed by atoms with Crippen molar-refractivity contribution >= 4 is 11.6 Å². The van der Waals surface area contributed by atoms with Crippen molar-refractivity contribution in [1.82, 2.24) is 4.90 Å². The van der Waals surface area contributed by atoms with Crippen LogP contribution in [-0.2, 0) is 4.79 Å². The van der Waals surface area contributed by atoms with E-state index in [4.69, 9.17) is 4.74 Å². The first-order valence-corrected chi connectivity index (χ1v) is 10.5. The number of benzene rings is 2. The fourth-order valence-electron chi connectivity index (χ4n) is 5.15. The molecule has 1 heterocycles. The van der Waals surface area contributed by atoms with E-state index in [1.807, 2.05) is 48.5 Å². The average Bonchev–Trinajstić information content (AvgIpc) is 2.74. The highest BCUT2D eigenvalue weighted by Crippen LogP contribution is 2.50. The largest absolute Gasteiger partial charge is 0.496 e. The Morgan fingerprint density at radius 3 is 2.69 bits per heavy atom. The van der Waals surface area contributed by atoms with Gasteiger partial charge in [-0.1, -0.05) is 49.2 Å². The van der Waals surface area contributed by atoms with Crippen LogP contribution in [0, 0.1) is 5.92 Å². The molecule has 2 aromatic rings. The number of piperidine rings is 1. The maximum Gasteiger partial charge on any atom is 0.238 e. The molecule has 1 aliphatic carbocycles. The SMILES string of the molecule is COc1ccccc1[C@H]1[C@@H]2CCCC[C@]2(O)CCN1CC(=O)Nc1ccccc1. The van der Waals surface area contributed by atoms with Crippen LogP contribution in [0.1, 0.15) is 43.7 Å². The number of nitrogens with zero attached hydrogens (tertiary/aromatic N) is 1. The van der Waals surface area contributed by atoms with Crippen molar-refractivity contribution in [2.75, 3.05) is 25.5 Å². The van der Waals surface area contributed by atoms with Gasteiger partial charge in [-0.15, -0.1) is 0 Å². The van der Waals surface area contributed by atoms with Gasteiger partial charge in [-0.3, -0.25) is 9.69 Å². The molecule has 0 unspecified atom stereocenters. The molecule has 2 N–H and O–H groups in total. The molecule has 154 valence electrons. The summed E-state index contributed by atoms with van der Waals surface area (Å²) in [6.07, 6.45) is 4.70. The summed E-state index contributed by atoms with van der Waals surface area (Å²) >= 11 is 0. The van der Waals surface area contributed by atoms with Gasteiger partial charge in [0.25, 0.3) is 0 Å². The normalized spacial score (nSPS) is 27.1. The molecule has 4 rings (SSSR count). The van der Waals surface area contributed by atoms with E-state index in [2.05, 4.69) is 16.3 Å². The van der Waals surface area contributed by atoms with Gasteiger partial charge in [-0.2, -0.15) is 0 Å². The number of carbonyl (C=O) groups is 1. The highest BCUT2D eigenvalue weighted by atomic mass is 16.5. The molecule has 0 radical (unpaired) electrons. The van der Waals surface area contributed by atoms with Crippen LogP contribution in [0.25, 0.3) is 0 Å². The summed E-state index contributed by atoms with van der Waals surface area (Å²) in [4.78, 5) is 15.0. The Morgan fingerprint density at radius 1 is 1.14 bits per heavy atom. The fraction of sp³-hybridized carbons (Fsp3) is 0.458. The molecule has 1 saturated carbocycles. The third kappa shape index (κ3) is 4.16. The molecule has 5 heteroatoms. The number of nitrogens with one attached hydrogen (secondary N) is 1. The van der Waals surface area contributed by atoms with Crippen LogP contribution >= 0.6 is 0 Å². The average molecular weight is 395 g/mol. The Hall–Kier alpha value is -2.37. The molecule has 3 atom stereocenters. The highest BCUT2D eigenvalue weighted by Gasteiger charge is 2.49. The second-order valence-electron chi connectivity index (χ2n) is 8.28. The van der Waals surface area contributed by atoms with E-state index in [9.17, 15) is 9.90 Å². The number of hydrogen-bond donors (Lipinski definition) is 2. The van der Waals surface area contributed by atoms with Crippen LogP contribution in [0.2, 0.25) is 0 Å². The molecule has 0 spiro atoms. The van der Waals surface area contributed by atoms with Gasteiger partial charge in [0.05, 0.1) is 19.3 Å². The molecule has 2 aromatic carbocycles. The fourth-order valence-corrected chi connectivity index (χ4v) is 5.15. The minimum atomic E-state index is -0.657. The zero-order valence-corrected chi connectivity index (χ0v) is 17.0. The molecule has 2 fully saturated rings. The number of carbonyl (C=O) groups excluding carboxylic acids is 1. The molecule has 1 aliphatic heterocycles. The second kappa shape index (κ2) is 8.56. The van der Waals surface area contributed by atoms with E-state index in [1.54, 1.807) is 7.11 Å². The number of aliphatic hydroxyl groups is 1. The van der Waals surface area contributed by atoms with E-state index in [1.165, 1.54) is 0 Å². The minimum absolute atomic E-state index is 0.0302. The summed E-state index contributed by atoms with van der Waals surface area (Å²) in [6, 6.07) is 17.5. The lowest BCUT2D eigenvalue weighted by atomic mass is 9.66. The molecule has 0 aromatic heterocycles. The van der Waals surface area contributed by atoms with E-state index >= 15 is 0 Å². The van der Waals surface area contributed by atoms with Crippen molar-refractivity contribution in [1.29, 1.82) is 0 Å². The smallest absolute Gasteiger partial charge is 0.238 e. The number of likely N-dealkylation sites (tertiary alicyclic amines) is 1. The van der Waals surface area contributed by atoms with Crippen molar-refractivity contribution in [3.05, 3.63) is 60.2 Å². The molecular formula is C24H30N2O3. The maximum atomic E-state index is 12.8. The quantitative estimate of drug-likeness (QED) is 0.805. The number of hydrogen-bond acceptors (Lipinski definition) is 4. The first kappa shape index (κ1) is 19.9. The number of anilines is 1. The van der Waals surface area contributed by atoms with E-state index < -0.39 is 5.60 Å². The summed E-state index contributed by atoms with van der Waals surface area (Å²) in [5.41, 5.74) is 1.21. The van der Waals surface area contributed by atoms with Crippen LogP contribution in [0.3, 0.4) is 0 Å². The topological polar surface area (TPSA) is 61.8 Å². The number of rotatable bonds is 5. The lowest BCUT2D eigenvalue weighted by Gasteiger charge is -2.52. The van der Waals surface area contributed by atoms with Crippen molar-refractivity contribution in [2.45, 2.75) is 43.7 Å². The lowest BCUT2D eigenvalue weighted by Crippen LogP contribution is -2.56. The molecule has 1 amide bonds. The van der Waals surface area contributed by atoms with Gasteiger partial charge in [-0.25, -0.2) is 0 Å². The van der Waals surface area contributed by atoms with Crippen LogP contribution in [0.4, 0.5) is 5.69 Å². The number of methoxy groups -OCH3 is 1. The Kier molecular flexibility index (Phi) is 5.88. The van der Waals surface area contributed by atoms with Gasteiger partial charge in [0.2, 0.25) is 5.91 Å². The summed E-state index contributed by atoms with van der Waals surface area (Å²) < 4.78 is 5.65. The van der Waals surface area contributed by atoms with Gasteiger partial charge in [0, 0.05) is 29.8 Å². The standard InChI is InChI=1S/C24H30N2O3/c1-29-21-13-6-5-11-19(21)23-20-12-7-8-14-24(20,28)15-16-26(23)17-22(27)25-18-9-3-2-4-10-18/h2-6,9-11,13,20,23,28H,7-8,12,14-17H2,1H3,(H,25,27)/t20-,23-,24-/m0/s1. The zero-order valence-electron chi connectivity index (χ0n) is 17.0. The van der Waals surface area contributed by atoms with E-state index in [0.717, 1.165) is 42.7 Å². The molecule has 1 saturated heterocycles. The van der Waals surface area contributed by atoms with Crippen LogP contribution < -0.4 is 10.1 Å². The Labute approximate surface area is 172 Å². The highest BCUT2D eigenvalue weighted by molar-refractivity contribution is 5.92. The van der Waals surface area contributed by atoms with Gasteiger partial charge in [-0.05, 0) is 37.5 Å². The molecule has 29 heavy (non-hydrogen) atoms. The maximum absolute atomic E-state index is 12.8. The number of fused-ring (bicyclic) bond motifs is 1. The summed E-state index contributed by atoms with van der Waals surface area (Å²) in [6.45, 7) is 0.988. The van der Waals surface area contributed by atoms with Crippen LogP contribution in [0.15, 0.2) is 54.6 Å². The Balaban J connectivity index is 1.61. The summed E-state index contributed by atoms with van der Waals surface area (Å²) in [5, 5.41) is 14.4. The molecular weight excluding hydrogens is 364 g/mol. The summed E-state index contributed by atoms with van der Waals surface area (Å²) in [7, 11) is 1.68. The summed E-state index contributed by atoms with van der Waals surface area (Å²) in [5.74, 6) is 0.893. The monoisotopic (exact) mass is 394 g/mol. The van der Waals surface area contributed by atoms with E-state index in [0.29, 0.717) is 19.5 Å². The Morgan fingerprint density at radius 2 is 1.90 bits per heavy atom. The van der Waals surface area contributed by atoms with Gasteiger partial charge >= 0.3 is 0 Å². The van der Waals surface area contributed by atoms with Gasteiger partial charge in [0.15, 0.2) is 0 Å². The first-order valence-electron chi connectivity index (χ1n) is 10.5.